The minimum atomic E-state index is -0.845. The zero-order chi connectivity index (χ0) is 95.8. The summed E-state index contributed by atoms with van der Waals surface area (Å²) >= 11 is 0. The number of Topliss-reactive ketones (excluding diaryl/α,β-unsaturated/α-hetero) is 2. The van der Waals surface area contributed by atoms with Gasteiger partial charge in [-0.1, -0.05) is 510 Å². The first kappa shape index (κ1) is 139. The molecule has 10 atom stereocenters. The van der Waals surface area contributed by atoms with E-state index in [0.29, 0.717) is 11.6 Å². The first-order chi connectivity index (χ1) is 62.9. The Bertz CT molecular complexity index is 2290. The summed E-state index contributed by atoms with van der Waals surface area (Å²) in [6.07, 6.45) is 113. The van der Waals surface area contributed by atoms with Gasteiger partial charge in [0.15, 0.2) is 11.6 Å². The number of ketones is 2. The molecule has 2 saturated heterocycles. The number of aliphatic hydroxyl groups excluding tert-OH is 3. The zero-order valence-corrected chi connectivity index (χ0v) is 89.3. The second kappa shape index (κ2) is 116. The molecule has 0 aliphatic carbocycles. The summed E-state index contributed by atoms with van der Waals surface area (Å²) in [5.41, 5.74) is 18.9. The summed E-state index contributed by atoms with van der Waals surface area (Å²) in [6.45, 7) is 18.2. The van der Waals surface area contributed by atoms with Crippen molar-refractivity contribution in [3.63, 3.8) is 0 Å². The SMILES string of the molecule is CCCCCCCCCCCCC/C=C/[C@@H](O)[C@@H](N)CF.CCCCCCCCCCCCC/C=C/[C@H]1OC(=O)N[C@H]1CF.CCCCCCCCCCCCC/C=C/[C@H]1OC(=O)N[C@H]1CO.CCCCCCCCCCCCCCCC(=O)[C@@H](C)[NH3+].CCCCCCCCCCCCCCCC(=O)[C@@H]([NH3+])CC.CCCCCCCCCCCCCCC[C@@H](O)[C@@H](N)CC.[Cl-].[Cl-]. The van der Waals surface area contributed by atoms with Gasteiger partial charge >= 0.3 is 12.2 Å². The minimum Gasteiger partial charge on any atom is -1.00 e. The number of allylic oxidation sites excluding steroid dienone is 3. The van der Waals surface area contributed by atoms with Gasteiger partial charge in [-0.2, -0.15) is 0 Å². The lowest BCUT2D eigenvalue weighted by Gasteiger charge is -2.16. The molecule has 2 heterocycles. The Balaban J connectivity index is -0.000000357. The zero-order valence-electron chi connectivity index (χ0n) is 87.8. The van der Waals surface area contributed by atoms with Crippen molar-refractivity contribution in [2.75, 3.05) is 20.0 Å². The van der Waals surface area contributed by atoms with Gasteiger partial charge in [0.1, 0.15) is 43.7 Å². The van der Waals surface area contributed by atoms with E-state index in [9.17, 15) is 38.2 Å². The molecular weight excluding hydrogens is 1680 g/mol. The summed E-state index contributed by atoms with van der Waals surface area (Å²) in [6, 6.07) is -1.61. The minimum absolute atomic E-state index is 0. The van der Waals surface area contributed by atoms with E-state index in [1.165, 1.54) is 430 Å². The molecule has 0 bridgehead atoms. The molecule has 0 aromatic heterocycles. The Labute approximate surface area is 823 Å². The third kappa shape index (κ3) is 106. The highest BCUT2D eigenvalue weighted by Gasteiger charge is 2.33. The van der Waals surface area contributed by atoms with E-state index in [2.05, 4.69) is 69.7 Å². The van der Waals surface area contributed by atoms with Crippen molar-refractivity contribution in [2.24, 2.45) is 11.5 Å². The number of hydrogen-bond acceptors (Lipinski definition) is 11. The molecule has 131 heavy (non-hydrogen) atoms. The maximum atomic E-state index is 12.7. The van der Waals surface area contributed by atoms with Gasteiger partial charge in [0.05, 0.1) is 30.9 Å². The number of nitrogens with two attached hydrogens (primary N) is 2. The number of unbranched alkanes of at least 4 members (excludes halogenated alkanes) is 69. The predicted octanol–water partition coefficient (Wildman–Crippen LogP) is 24.6. The van der Waals surface area contributed by atoms with Crippen LogP contribution in [0.2, 0.25) is 0 Å². The van der Waals surface area contributed by atoms with Crippen LogP contribution in [0.15, 0.2) is 36.5 Å². The lowest BCUT2D eigenvalue weighted by atomic mass is 10.0. The van der Waals surface area contributed by atoms with Crippen LogP contribution in [-0.2, 0) is 19.1 Å². The van der Waals surface area contributed by atoms with Gasteiger partial charge in [0.25, 0.3) is 0 Å². The number of carbonyl (C=O) groups is 4. The lowest BCUT2D eigenvalue weighted by molar-refractivity contribution is -0.403. The normalized spacial score (nSPS) is 15.9. The molecule has 0 aromatic rings. The molecule has 19 heteroatoms. The lowest BCUT2D eigenvalue weighted by Crippen LogP contribution is -3.00. The topological polar surface area (TPSA) is 279 Å². The molecule has 0 aromatic carbocycles. The van der Waals surface area contributed by atoms with Crippen molar-refractivity contribution in [3.05, 3.63) is 36.5 Å². The number of quaternary nitrogens is 2. The summed E-state index contributed by atoms with van der Waals surface area (Å²) in [5.74, 6) is 0.689. The summed E-state index contributed by atoms with van der Waals surface area (Å²) < 4.78 is 34.9. The monoisotopic (exact) mass is 1910 g/mol. The number of rotatable bonds is 90. The van der Waals surface area contributed by atoms with Gasteiger partial charge in [0.2, 0.25) is 0 Å². The Hall–Kier alpha value is -2.74. The molecule has 2 fully saturated rings. The quantitative estimate of drug-likeness (QED) is 0.0204. The van der Waals surface area contributed by atoms with Crippen LogP contribution in [0, 0.1) is 0 Å². The largest absolute Gasteiger partial charge is 1.00 e. The Morgan fingerprint density at radius 1 is 0.359 bits per heavy atom. The maximum Gasteiger partial charge on any atom is 0.408 e. The van der Waals surface area contributed by atoms with Crippen molar-refractivity contribution < 1.29 is 89.0 Å². The van der Waals surface area contributed by atoms with Gasteiger partial charge in [-0.05, 0) is 83.3 Å². The number of hydrogen-bond donors (Lipinski definition) is 9. The fraction of sp³-hybridized carbons (Fsp3) is 0.911. The van der Waals surface area contributed by atoms with Crippen molar-refractivity contribution in [1.29, 1.82) is 0 Å². The molecule has 2 aliphatic heterocycles. The summed E-state index contributed by atoms with van der Waals surface area (Å²) in [4.78, 5) is 45.1. The van der Waals surface area contributed by atoms with Crippen LogP contribution < -0.4 is 58.4 Å². The average Bonchev–Trinajstić information content (AvgIpc) is 1.75. The van der Waals surface area contributed by atoms with Crippen LogP contribution in [-0.4, -0.2) is 120 Å². The van der Waals surface area contributed by atoms with E-state index in [1.54, 1.807) is 6.08 Å². The smallest absolute Gasteiger partial charge is 0.408 e. The van der Waals surface area contributed by atoms with Crippen molar-refractivity contribution in [2.45, 2.75) is 637 Å². The van der Waals surface area contributed by atoms with E-state index < -0.39 is 49.8 Å². The summed E-state index contributed by atoms with van der Waals surface area (Å²) in [5, 5.41) is 33.4. The standard InChI is InChI=1S/C19H34FNO2.C19H35NO3.C19H41NO.C19H39NO.C18H36FNO.C18H37NO.2ClH/c1-2-3-4-5-6-7-8-9-10-11-12-13-14-15-18-17(16-20)21-19(22)23-18;1-2-3-4-5-6-7-8-9-10-11-12-13-14-15-18-17(16-21)20-19(22)23-18;2*1-3-5-6-7-8-9-10-11-12-13-14-15-16-17-19(21)18(20)4-2;1-2-3-4-5-6-7-8-9-10-11-12-13-14-15-18(21)17(20)16-19;1-3-4-5-6-7-8-9-10-11-12-13-14-15-16-18(20)17(2)19;;/h14-15,17-18H,2-13,16H2,1H3,(H,21,22);14-15,17-18,21H,2-13,16H2,1H3,(H,20,22);18-19,21H,3-17,20H2,1-2H3;18H,3-17,20H2,1-2H3;14-15,17-18,21H,2-13,16,20H2,1H3;17H,3-16,19H2,1-2H3;2*1H/b2*15-14+;;;15-14+;;;/t2*17-,18+;18-,19+;18-;17-,18+;17-;;/m000001../s1. The van der Waals surface area contributed by atoms with Crippen LogP contribution in [0.25, 0.3) is 0 Å². The van der Waals surface area contributed by atoms with E-state index in [1.807, 2.05) is 45.1 Å². The number of cyclic esters (lactones) is 2. The number of ether oxygens (including phenoxy) is 2. The fourth-order valence-corrected chi connectivity index (χ4v) is 16.4. The van der Waals surface area contributed by atoms with Crippen molar-refractivity contribution in [1.82, 2.24) is 10.6 Å². The number of halogens is 4. The number of carbonyl (C=O) groups excluding carboxylic acids is 4. The Morgan fingerprint density at radius 2 is 0.603 bits per heavy atom. The second-order valence-electron chi connectivity index (χ2n) is 38.7. The Kier molecular flexibility index (Phi) is 123. The third-order valence-electron chi connectivity index (χ3n) is 25.9. The fourth-order valence-electron chi connectivity index (χ4n) is 16.4. The van der Waals surface area contributed by atoms with E-state index in [0.717, 1.165) is 83.5 Å². The van der Waals surface area contributed by atoms with E-state index in [4.69, 9.17) is 26.0 Å². The van der Waals surface area contributed by atoms with Gasteiger partial charge in [-0.25, -0.2) is 18.4 Å². The second-order valence-corrected chi connectivity index (χ2v) is 38.7. The number of alkyl halides is 2. The first-order valence-corrected chi connectivity index (χ1v) is 56.2. The van der Waals surface area contributed by atoms with Crippen LogP contribution in [0.3, 0.4) is 0 Å². The van der Waals surface area contributed by atoms with Crippen LogP contribution >= 0.6 is 0 Å². The van der Waals surface area contributed by atoms with E-state index >= 15 is 0 Å². The van der Waals surface area contributed by atoms with Crippen LogP contribution in [0.1, 0.15) is 576 Å². The molecule has 0 saturated carbocycles. The number of aliphatic hydroxyl groups is 3. The molecule has 0 spiro atoms. The van der Waals surface area contributed by atoms with Gasteiger partial charge in [0, 0.05) is 25.3 Å². The third-order valence-corrected chi connectivity index (χ3v) is 25.9. The summed E-state index contributed by atoms with van der Waals surface area (Å²) in [7, 11) is 0. The maximum absolute atomic E-state index is 12.7. The molecule has 784 valence electrons. The number of nitrogens with one attached hydrogen (secondary N) is 2. The highest BCUT2D eigenvalue weighted by molar-refractivity contribution is 5.82. The number of amides is 2. The van der Waals surface area contributed by atoms with Crippen LogP contribution in [0.5, 0.6) is 0 Å². The highest BCUT2D eigenvalue weighted by Crippen LogP contribution is 2.22. The molecule has 0 unspecified atom stereocenters. The number of alkyl carbamates (subject to hydrolysis) is 2. The average molecular weight is 1910 g/mol. The van der Waals surface area contributed by atoms with Gasteiger partial charge in [-0.15, -0.1) is 0 Å². The molecule has 0 radical (unpaired) electrons. The van der Waals surface area contributed by atoms with Crippen LogP contribution in [0.4, 0.5) is 18.4 Å². The van der Waals surface area contributed by atoms with Gasteiger partial charge in [-0.3, -0.25) is 9.59 Å². The van der Waals surface area contributed by atoms with E-state index in [-0.39, 0.29) is 67.8 Å². The van der Waals surface area contributed by atoms with Crippen molar-refractivity contribution >= 4 is 23.8 Å². The molecule has 2 amide bonds. The van der Waals surface area contributed by atoms with Gasteiger partial charge < -0.3 is 83.2 Å². The predicted molar refractivity (Wildman–Crippen MR) is 553 cm³/mol. The molecular formula is C112H224Cl2F2N6O9. The molecule has 2 rings (SSSR count). The van der Waals surface area contributed by atoms with Crippen molar-refractivity contribution in [3.8, 4) is 0 Å². The highest BCUT2D eigenvalue weighted by atomic mass is 35.5. The first-order valence-electron chi connectivity index (χ1n) is 56.2. The molecule has 2 aliphatic rings. The molecule has 15 N–H and O–H groups in total. The Morgan fingerprint density at radius 3 is 0.855 bits per heavy atom. The molecule has 15 nitrogen and oxygen atoms in total.